The zero-order chi connectivity index (χ0) is 8.39. The molecule has 0 radical (unpaired) electrons. The van der Waals surface area contributed by atoms with E-state index in [0.29, 0.717) is 11.1 Å². The predicted molar refractivity (Wildman–Crippen MR) is 46.2 cm³/mol. The van der Waals surface area contributed by atoms with E-state index in [1.807, 2.05) is 10.9 Å². The van der Waals surface area contributed by atoms with Gasteiger partial charge in [-0.1, -0.05) is 11.6 Å². The fraction of sp³-hybridized carbons (Fsp3) is 0.625. The molecule has 4 heteroatoms. The topological polar surface area (TPSA) is 27.1 Å². The molecular weight excluding hydrogens is 176 g/mol. The first-order valence-electron chi connectivity index (χ1n) is 4.14. The van der Waals surface area contributed by atoms with E-state index in [0.717, 1.165) is 19.6 Å². The van der Waals surface area contributed by atoms with Crippen molar-refractivity contribution in [3.63, 3.8) is 0 Å². The smallest absolute Gasteiger partial charge is 0.0785 e. The average molecular weight is 187 g/mol. The van der Waals surface area contributed by atoms with Gasteiger partial charge in [0.15, 0.2) is 0 Å². The number of halogens is 1. The molecule has 0 aromatic carbocycles. The van der Waals surface area contributed by atoms with Crippen LogP contribution in [-0.2, 0) is 11.3 Å². The van der Waals surface area contributed by atoms with Crippen molar-refractivity contribution >= 4 is 11.6 Å². The van der Waals surface area contributed by atoms with Gasteiger partial charge >= 0.3 is 0 Å². The van der Waals surface area contributed by atoms with Crippen LogP contribution in [0, 0.1) is 0 Å². The number of ether oxygens (including phenoxy) is 1. The summed E-state index contributed by atoms with van der Waals surface area (Å²) in [6.07, 6.45) is 6.11. The highest BCUT2D eigenvalue weighted by atomic mass is 35.5. The molecular formula is C8H11ClN2O. The Bertz CT molecular complexity index is 255. The maximum Gasteiger partial charge on any atom is 0.0785 e. The van der Waals surface area contributed by atoms with Crippen LogP contribution in [0.5, 0.6) is 0 Å². The van der Waals surface area contributed by atoms with Crippen LogP contribution in [0.25, 0.3) is 0 Å². The summed E-state index contributed by atoms with van der Waals surface area (Å²) in [5.41, 5.74) is 0. The van der Waals surface area contributed by atoms with E-state index in [2.05, 4.69) is 5.10 Å². The molecule has 1 aliphatic rings. The standard InChI is InChI=1S/C8H11ClN2O/c9-7-4-10-11(5-7)6-8-2-1-3-12-8/h4-5,8H,1-3,6H2. The van der Waals surface area contributed by atoms with Gasteiger partial charge in [0.2, 0.25) is 0 Å². The summed E-state index contributed by atoms with van der Waals surface area (Å²) >= 11 is 5.72. The first-order chi connectivity index (χ1) is 5.84. The third-order valence-corrected chi connectivity index (χ3v) is 2.21. The van der Waals surface area contributed by atoms with Gasteiger partial charge in [0, 0.05) is 12.8 Å². The van der Waals surface area contributed by atoms with Gasteiger partial charge in [0.1, 0.15) is 0 Å². The van der Waals surface area contributed by atoms with Gasteiger partial charge in [0.05, 0.1) is 23.9 Å². The van der Waals surface area contributed by atoms with E-state index in [-0.39, 0.29) is 0 Å². The van der Waals surface area contributed by atoms with Gasteiger partial charge < -0.3 is 4.74 Å². The molecule has 0 aliphatic carbocycles. The van der Waals surface area contributed by atoms with Crippen molar-refractivity contribution in [3.05, 3.63) is 17.4 Å². The normalized spacial score (nSPS) is 23.2. The largest absolute Gasteiger partial charge is 0.376 e. The molecule has 1 saturated heterocycles. The second kappa shape index (κ2) is 3.46. The predicted octanol–water partition coefficient (Wildman–Crippen LogP) is 1.72. The van der Waals surface area contributed by atoms with Gasteiger partial charge in [0.25, 0.3) is 0 Å². The molecule has 1 unspecified atom stereocenters. The third-order valence-electron chi connectivity index (χ3n) is 2.02. The highest BCUT2D eigenvalue weighted by molar-refractivity contribution is 6.30. The molecule has 0 amide bonds. The maximum atomic E-state index is 5.72. The lowest BCUT2D eigenvalue weighted by Crippen LogP contribution is -2.14. The summed E-state index contributed by atoms with van der Waals surface area (Å²) in [6.45, 7) is 1.71. The number of hydrogen-bond acceptors (Lipinski definition) is 2. The molecule has 0 spiro atoms. The molecule has 1 aromatic rings. The first-order valence-corrected chi connectivity index (χ1v) is 4.52. The number of rotatable bonds is 2. The van der Waals surface area contributed by atoms with Crippen LogP contribution in [0.3, 0.4) is 0 Å². The van der Waals surface area contributed by atoms with E-state index in [4.69, 9.17) is 16.3 Å². The molecule has 1 fully saturated rings. The van der Waals surface area contributed by atoms with Crippen molar-refractivity contribution in [3.8, 4) is 0 Å². The molecule has 2 heterocycles. The minimum Gasteiger partial charge on any atom is -0.376 e. The van der Waals surface area contributed by atoms with Gasteiger partial charge in [-0.3, -0.25) is 4.68 Å². The van der Waals surface area contributed by atoms with Gasteiger partial charge in [-0.15, -0.1) is 0 Å². The zero-order valence-corrected chi connectivity index (χ0v) is 7.50. The molecule has 12 heavy (non-hydrogen) atoms. The van der Waals surface area contributed by atoms with Crippen molar-refractivity contribution in [1.29, 1.82) is 0 Å². The highest BCUT2D eigenvalue weighted by Gasteiger charge is 2.15. The lowest BCUT2D eigenvalue weighted by molar-refractivity contribution is 0.0940. The molecule has 1 aromatic heterocycles. The summed E-state index contributed by atoms with van der Waals surface area (Å²) in [5.74, 6) is 0. The molecule has 2 rings (SSSR count). The van der Waals surface area contributed by atoms with Crippen molar-refractivity contribution in [1.82, 2.24) is 9.78 Å². The summed E-state index contributed by atoms with van der Waals surface area (Å²) in [6, 6.07) is 0. The third kappa shape index (κ3) is 1.79. The minimum absolute atomic E-state index is 0.334. The van der Waals surface area contributed by atoms with E-state index in [1.54, 1.807) is 6.20 Å². The Hall–Kier alpha value is -0.540. The van der Waals surface area contributed by atoms with Crippen LogP contribution in [0.4, 0.5) is 0 Å². The van der Waals surface area contributed by atoms with Crippen molar-refractivity contribution in [2.75, 3.05) is 6.61 Å². The van der Waals surface area contributed by atoms with Gasteiger partial charge in [-0.05, 0) is 12.8 Å². The number of nitrogens with zero attached hydrogens (tertiary/aromatic N) is 2. The van der Waals surface area contributed by atoms with E-state index in [9.17, 15) is 0 Å². The molecule has 0 saturated carbocycles. The fourth-order valence-corrected chi connectivity index (χ4v) is 1.59. The van der Waals surface area contributed by atoms with E-state index >= 15 is 0 Å². The summed E-state index contributed by atoms with van der Waals surface area (Å²) < 4.78 is 7.29. The Kier molecular flexibility index (Phi) is 2.33. The van der Waals surface area contributed by atoms with Gasteiger partial charge in [-0.25, -0.2) is 0 Å². The first kappa shape index (κ1) is 8.08. The summed E-state index contributed by atoms with van der Waals surface area (Å²) in [7, 11) is 0. The molecule has 3 nitrogen and oxygen atoms in total. The summed E-state index contributed by atoms with van der Waals surface area (Å²) in [5, 5.41) is 4.77. The van der Waals surface area contributed by atoms with Gasteiger partial charge in [-0.2, -0.15) is 5.10 Å². The summed E-state index contributed by atoms with van der Waals surface area (Å²) in [4.78, 5) is 0. The second-order valence-corrected chi connectivity index (χ2v) is 3.45. The maximum absolute atomic E-state index is 5.72. The number of aromatic nitrogens is 2. The Balaban J connectivity index is 1.94. The SMILES string of the molecule is Clc1cnn(CC2CCCO2)c1. The molecule has 1 atom stereocenters. The average Bonchev–Trinajstić information content (AvgIpc) is 2.63. The van der Waals surface area contributed by atoms with Crippen LogP contribution in [0.1, 0.15) is 12.8 Å². The Labute approximate surface area is 76.3 Å². The van der Waals surface area contributed by atoms with Crippen LogP contribution in [0.15, 0.2) is 12.4 Å². The van der Waals surface area contributed by atoms with E-state index < -0.39 is 0 Å². The Morgan fingerprint density at radius 3 is 3.25 bits per heavy atom. The lowest BCUT2D eigenvalue weighted by Gasteiger charge is -2.08. The van der Waals surface area contributed by atoms with Crippen LogP contribution in [-0.4, -0.2) is 22.5 Å². The quantitative estimate of drug-likeness (QED) is 0.703. The number of hydrogen-bond donors (Lipinski definition) is 0. The van der Waals surface area contributed by atoms with Crippen molar-refractivity contribution < 1.29 is 4.74 Å². The fourth-order valence-electron chi connectivity index (χ4n) is 1.44. The Morgan fingerprint density at radius 2 is 2.67 bits per heavy atom. The van der Waals surface area contributed by atoms with Crippen molar-refractivity contribution in [2.24, 2.45) is 0 Å². The second-order valence-electron chi connectivity index (χ2n) is 3.02. The molecule has 0 N–H and O–H groups in total. The van der Waals surface area contributed by atoms with Crippen LogP contribution in [0.2, 0.25) is 5.02 Å². The Morgan fingerprint density at radius 1 is 1.75 bits per heavy atom. The molecule has 0 bridgehead atoms. The minimum atomic E-state index is 0.334. The van der Waals surface area contributed by atoms with Crippen LogP contribution >= 0.6 is 11.6 Å². The molecule has 66 valence electrons. The lowest BCUT2D eigenvalue weighted by atomic mass is 10.2. The highest BCUT2D eigenvalue weighted by Crippen LogP contribution is 2.14. The monoisotopic (exact) mass is 186 g/mol. The molecule has 1 aliphatic heterocycles. The van der Waals surface area contributed by atoms with E-state index in [1.165, 1.54) is 6.42 Å². The zero-order valence-electron chi connectivity index (χ0n) is 6.74. The van der Waals surface area contributed by atoms with Crippen molar-refractivity contribution in [2.45, 2.75) is 25.5 Å². The van der Waals surface area contributed by atoms with Crippen LogP contribution < -0.4 is 0 Å².